The minimum absolute atomic E-state index is 0.0686. The number of aliphatic hydroxyl groups excluding tert-OH is 2. The smallest absolute Gasteiger partial charge is 0.330 e. The zero-order chi connectivity index (χ0) is 24.2. The third-order valence-electron chi connectivity index (χ3n) is 6.88. The summed E-state index contributed by atoms with van der Waals surface area (Å²) in [5.74, 6) is -1.09. The second kappa shape index (κ2) is 10.8. The number of rotatable bonds is 9. The number of hydrogen-bond acceptors (Lipinski definition) is 6. The molecule has 1 saturated heterocycles. The van der Waals surface area contributed by atoms with E-state index in [-0.39, 0.29) is 30.2 Å². The van der Waals surface area contributed by atoms with Crippen LogP contribution in [0.3, 0.4) is 0 Å². The van der Waals surface area contributed by atoms with Crippen LogP contribution < -0.4 is 5.32 Å². The summed E-state index contributed by atoms with van der Waals surface area (Å²) in [6, 6.07) is -0.0686. The first-order chi connectivity index (χ1) is 14.9. The molecule has 7 heteroatoms. The van der Waals surface area contributed by atoms with Crippen LogP contribution in [0, 0.1) is 23.7 Å². The van der Waals surface area contributed by atoms with Crippen molar-refractivity contribution in [3.63, 3.8) is 0 Å². The second-order valence-electron chi connectivity index (χ2n) is 9.78. The third-order valence-corrected chi connectivity index (χ3v) is 6.88. The van der Waals surface area contributed by atoms with Gasteiger partial charge in [0, 0.05) is 24.0 Å². The van der Waals surface area contributed by atoms with Crippen molar-refractivity contribution in [2.75, 3.05) is 7.11 Å². The highest BCUT2D eigenvalue weighted by Gasteiger charge is 2.60. The first-order valence-corrected chi connectivity index (χ1v) is 11.4. The maximum Gasteiger partial charge on any atom is 0.330 e. The van der Waals surface area contributed by atoms with E-state index < -0.39 is 29.7 Å². The lowest BCUT2D eigenvalue weighted by Gasteiger charge is -2.42. The van der Waals surface area contributed by atoms with E-state index in [2.05, 4.69) is 30.8 Å². The SMILES string of the molecule is COC(=O)/C=C\[C@H](O)[C@H](O)CC/C(C)=C\[C@H]1C=C(C)[C@@H](C)[C@H]2[C@H](CC(C)C)NC(=O)[C@]21O. The maximum atomic E-state index is 12.9. The molecule has 0 spiro atoms. The van der Waals surface area contributed by atoms with E-state index in [1.807, 2.05) is 26.0 Å². The fourth-order valence-electron chi connectivity index (χ4n) is 4.98. The molecule has 1 fully saturated rings. The Balaban J connectivity index is 2.15. The Labute approximate surface area is 191 Å². The number of carbonyl (C=O) groups excluding carboxylic acids is 2. The zero-order valence-corrected chi connectivity index (χ0v) is 20.0. The number of esters is 1. The Morgan fingerprint density at radius 1 is 1.34 bits per heavy atom. The van der Waals surface area contributed by atoms with E-state index in [4.69, 9.17) is 0 Å². The molecule has 1 aliphatic carbocycles. The summed E-state index contributed by atoms with van der Waals surface area (Å²) in [6.07, 6.45) is 5.48. The number of hydrogen-bond donors (Lipinski definition) is 4. The zero-order valence-electron chi connectivity index (χ0n) is 20.0. The van der Waals surface area contributed by atoms with Gasteiger partial charge in [0.25, 0.3) is 5.91 Å². The molecule has 7 atom stereocenters. The molecule has 0 bridgehead atoms. The molecule has 0 saturated carbocycles. The Bertz CT molecular complexity index is 785. The van der Waals surface area contributed by atoms with Crippen molar-refractivity contribution < 1.29 is 29.6 Å². The van der Waals surface area contributed by atoms with Crippen molar-refractivity contribution in [1.82, 2.24) is 5.32 Å². The molecule has 32 heavy (non-hydrogen) atoms. The van der Waals surface area contributed by atoms with Crippen LogP contribution in [0.15, 0.2) is 35.5 Å². The van der Waals surface area contributed by atoms with Crippen molar-refractivity contribution >= 4 is 11.9 Å². The van der Waals surface area contributed by atoms with E-state index in [1.54, 1.807) is 0 Å². The highest BCUT2D eigenvalue weighted by molar-refractivity contribution is 5.90. The van der Waals surface area contributed by atoms with Gasteiger partial charge in [0.2, 0.25) is 0 Å². The van der Waals surface area contributed by atoms with Crippen LogP contribution in [0.1, 0.15) is 53.9 Å². The molecule has 1 heterocycles. The normalized spacial score (nSPS) is 32.5. The minimum atomic E-state index is -1.50. The number of amides is 1. The van der Waals surface area contributed by atoms with E-state index in [1.165, 1.54) is 13.2 Å². The summed E-state index contributed by atoms with van der Waals surface area (Å²) in [6.45, 7) is 10.2. The van der Waals surface area contributed by atoms with Gasteiger partial charge in [-0.05, 0) is 51.0 Å². The summed E-state index contributed by atoms with van der Waals surface area (Å²) in [5.41, 5.74) is 0.563. The molecule has 0 radical (unpaired) electrons. The highest BCUT2D eigenvalue weighted by Crippen LogP contribution is 2.48. The molecule has 4 N–H and O–H groups in total. The highest BCUT2D eigenvalue weighted by atomic mass is 16.5. The van der Waals surface area contributed by atoms with Crippen molar-refractivity contribution in [3.8, 4) is 0 Å². The molecular formula is C25H39NO6. The van der Waals surface area contributed by atoms with Crippen LogP contribution in [0.2, 0.25) is 0 Å². The molecule has 0 unspecified atom stereocenters. The molecule has 1 amide bonds. The monoisotopic (exact) mass is 449 g/mol. The van der Waals surface area contributed by atoms with Gasteiger partial charge in [-0.1, -0.05) is 44.1 Å². The predicted octanol–water partition coefficient (Wildman–Crippen LogP) is 2.27. The van der Waals surface area contributed by atoms with Gasteiger partial charge in [-0.3, -0.25) is 4.79 Å². The minimum Gasteiger partial charge on any atom is -0.466 e. The topological polar surface area (TPSA) is 116 Å². The quantitative estimate of drug-likeness (QED) is 0.244. The average Bonchev–Trinajstić information content (AvgIpc) is 2.98. The molecule has 180 valence electrons. The van der Waals surface area contributed by atoms with Crippen molar-refractivity contribution in [3.05, 3.63) is 35.5 Å². The molecule has 2 aliphatic rings. The van der Waals surface area contributed by atoms with E-state index >= 15 is 0 Å². The first kappa shape index (κ1) is 26.3. The van der Waals surface area contributed by atoms with Crippen LogP contribution in [-0.4, -0.2) is 58.2 Å². The lowest BCUT2D eigenvalue weighted by molar-refractivity contribution is -0.143. The molecular weight excluding hydrogens is 410 g/mol. The van der Waals surface area contributed by atoms with Gasteiger partial charge in [-0.2, -0.15) is 0 Å². The lowest BCUT2D eigenvalue weighted by atomic mass is 9.63. The molecule has 0 aromatic rings. The van der Waals surface area contributed by atoms with E-state index in [0.29, 0.717) is 12.3 Å². The lowest BCUT2D eigenvalue weighted by Crippen LogP contribution is -2.53. The third kappa shape index (κ3) is 5.69. The first-order valence-electron chi connectivity index (χ1n) is 11.4. The molecule has 2 rings (SSSR count). The number of fused-ring (bicyclic) bond motifs is 1. The summed E-state index contributed by atoms with van der Waals surface area (Å²) < 4.78 is 4.47. The number of aliphatic hydroxyl groups is 3. The fourth-order valence-corrected chi connectivity index (χ4v) is 4.98. The van der Waals surface area contributed by atoms with Gasteiger partial charge < -0.3 is 25.4 Å². The number of carbonyl (C=O) groups is 2. The van der Waals surface area contributed by atoms with Crippen LogP contribution in [0.25, 0.3) is 0 Å². The predicted molar refractivity (Wildman–Crippen MR) is 122 cm³/mol. The summed E-state index contributed by atoms with van der Waals surface area (Å²) in [5, 5.41) is 34.9. The van der Waals surface area contributed by atoms with Crippen molar-refractivity contribution in [1.29, 1.82) is 0 Å². The van der Waals surface area contributed by atoms with Gasteiger partial charge in [-0.15, -0.1) is 0 Å². The fraction of sp³-hybridized carbons (Fsp3) is 0.680. The number of allylic oxidation sites excluding steroid dienone is 2. The molecule has 0 aromatic carbocycles. The maximum absolute atomic E-state index is 12.9. The Morgan fingerprint density at radius 2 is 2.00 bits per heavy atom. The van der Waals surface area contributed by atoms with Crippen molar-refractivity contribution in [2.45, 2.75) is 77.7 Å². The van der Waals surface area contributed by atoms with Gasteiger partial charge in [0.15, 0.2) is 5.60 Å². The summed E-state index contributed by atoms with van der Waals surface area (Å²) in [7, 11) is 1.24. The molecule has 1 aliphatic heterocycles. The molecule has 0 aromatic heterocycles. The van der Waals surface area contributed by atoms with E-state index in [0.717, 1.165) is 23.6 Å². The standard InChI is InChI=1S/C25H39NO6/c1-14(2)11-19-23-17(5)16(4)13-18(25(23,31)24(30)26-19)12-15(3)7-8-20(27)21(28)9-10-22(29)32-6/h9-10,12-14,17-21,23,27-28,31H,7-8,11H2,1-6H3,(H,26,30)/b10-9-,15-12-/t17-,18+,19+,20-,21+,23+,25-/m1/s1. The van der Waals surface area contributed by atoms with Gasteiger partial charge >= 0.3 is 5.97 Å². The van der Waals surface area contributed by atoms with Gasteiger partial charge in [0.05, 0.1) is 19.3 Å². The Hall–Kier alpha value is -1.96. The van der Waals surface area contributed by atoms with Gasteiger partial charge in [-0.25, -0.2) is 4.79 Å². The molecule has 7 nitrogen and oxygen atoms in total. The number of ether oxygens (including phenoxy) is 1. The van der Waals surface area contributed by atoms with Crippen LogP contribution >= 0.6 is 0 Å². The largest absolute Gasteiger partial charge is 0.466 e. The number of nitrogens with one attached hydrogen (secondary N) is 1. The number of methoxy groups -OCH3 is 1. The summed E-state index contributed by atoms with van der Waals surface area (Å²) in [4.78, 5) is 24.1. The second-order valence-corrected chi connectivity index (χ2v) is 9.78. The van der Waals surface area contributed by atoms with Crippen LogP contribution in [0.4, 0.5) is 0 Å². The Kier molecular flexibility index (Phi) is 8.85. The van der Waals surface area contributed by atoms with Crippen molar-refractivity contribution in [2.24, 2.45) is 23.7 Å². The average molecular weight is 450 g/mol. The summed E-state index contributed by atoms with van der Waals surface area (Å²) >= 11 is 0. The van der Waals surface area contributed by atoms with Crippen LogP contribution in [0.5, 0.6) is 0 Å². The van der Waals surface area contributed by atoms with Gasteiger partial charge in [0.1, 0.15) is 0 Å². The van der Waals surface area contributed by atoms with E-state index in [9.17, 15) is 24.9 Å². The van der Waals surface area contributed by atoms with Crippen LogP contribution in [-0.2, 0) is 14.3 Å². The Morgan fingerprint density at radius 3 is 2.59 bits per heavy atom.